The molecule has 124 valence electrons. The van der Waals surface area contributed by atoms with Crippen LogP contribution in [0.1, 0.15) is 32.1 Å². The maximum absolute atomic E-state index is 12.9. The van der Waals surface area contributed by atoms with E-state index in [1.165, 1.54) is 23.9 Å². The number of carbonyl (C=O) groups is 2. The third-order valence-electron chi connectivity index (χ3n) is 5.39. The number of tetrazole rings is 1. The van der Waals surface area contributed by atoms with Gasteiger partial charge in [0.1, 0.15) is 12.9 Å². The van der Waals surface area contributed by atoms with Gasteiger partial charge < -0.3 is 9.80 Å². The van der Waals surface area contributed by atoms with Gasteiger partial charge in [-0.15, -0.1) is 5.10 Å². The molecule has 2 saturated heterocycles. The number of amides is 2. The molecule has 1 aliphatic carbocycles. The second-order valence-corrected chi connectivity index (χ2v) is 7.15. The molecule has 1 aromatic rings. The molecule has 2 aliphatic heterocycles. The van der Waals surface area contributed by atoms with Crippen molar-refractivity contribution in [1.82, 2.24) is 30.0 Å². The van der Waals surface area contributed by atoms with Gasteiger partial charge in [0.25, 0.3) is 0 Å². The van der Waals surface area contributed by atoms with Crippen LogP contribution in [0.3, 0.4) is 0 Å². The average Bonchev–Trinajstić information content (AvgIpc) is 3.03. The molecule has 3 heterocycles. The molecule has 1 atom stereocenters. The monoisotopic (exact) mass is 318 g/mol. The lowest BCUT2D eigenvalue weighted by Gasteiger charge is -2.39. The zero-order valence-electron chi connectivity index (χ0n) is 13.2. The second-order valence-electron chi connectivity index (χ2n) is 7.15. The maximum atomic E-state index is 12.9. The van der Waals surface area contributed by atoms with E-state index in [9.17, 15) is 9.59 Å². The predicted octanol–water partition coefficient (Wildman–Crippen LogP) is -0.0758. The van der Waals surface area contributed by atoms with Crippen LogP contribution in [-0.4, -0.2) is 68.0 Å². The van der Waals surface area contributed by atoms with Crippen molar-refractivity contribution < 1.29 is 9.59 Å². The van der Waals surface area contributed by atoms with Gasteiger partial charge in [-0.3, -0.25) is 9.59 Å². The van der Waals surface area contributed by atoms with E-state index in [-0.39, 0.29) is 23.8 Å². The lowest BCUT2D eigenvalue weighted by molar-refractivity contribution is -0.146. The molecule has 3 fully saturated rings. The van der Waals surface area contributed by atoms with Crippen LogP contribution < -0.4 is 0 Å². The van der Waals surface area contributed by atoms with Crippen LogP contribution >= 0.6 is 0 Å². The summed E-state index contributed by atoms with van der Waals surface area (Å²) < 4.78 is 1.43. The summed E-state index contributed by atoms with van der Waals surface area (Å²) in [7, 11) is 0. The first kappa shape index (κ1) is 14.6. The largest absolute Gasteiger partial charge is 0.342 e. The SMILES string of the molecule is O=C(Cn1cnnn1)N1CCC2(CCCN(CC3CC3)C2=O)C1. The van der Waals surface area contributed by atoms with Gasteiger partial charge in [0, 0.05) is 26.2 Å². The fraction of sp³-hybridized carbons (Fsp3) is 0.800. The molecule has 1 aromatic heterocycles. The Labute approximate surface area is 134 Å². The van der Waals surface area contributed by atoms with Crippen LogP contribution in [0, 0.1) is 11.3 Å². The van der Waals surface area contributed by atoms with E-state index in [1.807, 2.05) is 0 Å². The molecule has 1 saturated carbocycles. The third kappa shape index (κ3) is 2.82. The first-order valence-electron chi connectivity index (χ1n) is 8.44. The van der Waals surface area contributed by atoms with Gasteiger partial charge in [0.05, 0.1) is 5.41 Å². The molecule has 2 amide bonds. The number of hydrogen-bond donors (Lipinski definition) is 0. The fourth-order valence-electron chi connectivity index (χ4n) is 3.89. The van der Waals surface area contributed by atoms with Crippen LogP contribution in [0.5, 0.6) is 0 Å². The summed E-state index contributed by atoms with van der Waals surface area (Å²) in [5, 5.41) is 10.8. The molecule has 8 heteroatoms. The second kappa shape index (κ2) is 5.58. The Bertz CT molecular complexity index is 599. The van der Waals surface area contributed by atoms with Crippen molar-refractivity contribution in [3.8, 4) is 0 Å². The average molecular weight is 318 g/mol. The van der Waals surface area contributed by atoms with E-state index >= 15 is 0 Å². The van der Waals surface area contributed by atoms with Gasteiger partial charge >= 0.3 is 0 Å². The Morgan fingerprint density at radius 3 is 2.91 bits per heavy atom. The molecule has 1 unspecified atom stereocenters. The van der Waals surface area contributed by atoms with Crippen LogP contribution in [0.15, 0.2) is 6.33 Å². The number of nitrogens with zero attached hydrogens (tertiary/aromatic N) is 6. The molecule has 0 radical (unpaired) electrons. The summed E-state index contributed by atoms with van der Waals surface area (Å²) in [5.41, 5.74) is -0.344. The van der Waals surface area contributed by atoms with Gasteiger partial charge in [-0.05, 0) is 48.4 Å². The van der Waals surface area contributed by atoms with E-state index in [0.717, 1.165) is 32.4 Å². The summed E-state index contributed by atoms with van der Waals surface area (Å²) in [5.74, 6) is 0.975. The van der Waals surface area contributed by atoms with Gasteiger partial charge in [-0.1, -0.05) is 0 Å². The normalized spacial score (nSPS) is 27.9. The Morgan fingerprint density at radius 1 is 1.30 bits per heavy atom. The summed E-state index contributed by atoms with van der Waals surface area (Å²) in [6.45, 7) is 3.15. The van der Waals surface area contributed by atoms with Crippen molar-refractivity contribution in [2.75, 3.05) is 26.2 Å². The molecule has 0 bridgehead atoms. The van der Waals surface area contributed by atoms with Crippen molar-refractivity contribution >= 4 is 11.8 Å². The minimum absolute atomic E-state index is 0.0127. The summed E-state index contributed by atoms with van der Waals surface area (Å²) >= 11 is 0. The van der Waals surface area contributed by atoms with Crippen LogP contribution in [0.2, 0.25) is 0 Å². The zero-order chi connectivity index (χ0) is 15.9. The Hall–Kier alpha value is -1.99. The number of likely N-dealkylation sites (tertiary alicyclic amines) is 2. The van der Waals surface area contributed by atoms with E-state index in [1.54, 1.807) is 4.90 Å². The number of rotatable bonds is 4. The summed E-state index contributed by atoms with van der Waals surface area (Å²) in [6, 6.07) is 0. The minimum atomic E-state index is -0.344. The maximum Gasteiger partial charge on any atom is 0.244 e. The molecular formula is C15H22N6O2. The highest BCUT2D eigenvalue weighted by molar-refractivity contribution is 5.86. The molecule has 23 heavy (non-hydrogen) atoms. The molecule has 0 aromatic carbocycles. The van der Waals surface area contributed by atoms with E-state index in [4.69, 9.17) is 0 Å². The van der Waals surface area contributed by atoms with Crippen LogP contribution in [-0.2, 0) is 16.1 Å². The van der Waals surface area contributed by atoms with E-state index < -0.39 is 0 Å². The van der Waals surface area contributed by atoms with E-state index in [0.29, 0.717) is 19.0 Å². The van der Waals surface area contributed by atoms with Gasteiger partial charge in [0.2, 0.25) is 11.8 Å². The number of aromatic nitrogens is 4. The molecular weight excluding hydrogens is 296 g/mol. The Kier molecular flexibility index (Phi) is 3.54. The van der Waals surface area contributed by atoms with Gasteiger partial charge in [-0.2, -0.15) is 0 Å². The van der Waals surface area contributed by atoms with E-state index in [2.05, 4.69) is 20.4 Å². The highest BCUT2D eigenvalue weighted by Crippen LogP contribution is 2.41. The predicted molar refractivity (Wildman–Crippen MR) is 80.0 cm³/mol. The number of piperidine rings is 1. The van der Waals surface area contributed by atoms with Gasteiger partial charge in [0.15, 0.2) is 0 Å². The molecule has 1 spiro atoms. The Balaban J connectivity index is 1.41. The van der Waals surface area contributed by atoms with Crippen molar-refractivity contribution in [2.24, 2.45) is 11.3 Å². The summed E-state index contributed by atoms with van der Waals surface area (Å²) in [6.07, 6.45) is 6.69. The van der Waals surface area contributed by atoms with Crippen LogP contribution in [0.25, 0.3) is 0 Å². The van der Waals surface area contributed by atoms with Crippen molar-refractivity contribution in [1.29, 1.82) is 0 Å². The minimum Gasteiger partial charge on any atom is -0.342 e. The van der Waals surface area contributed by atoms with Gasteiger partial charge in [-0.25, -0.2) is 4.68 Å². The standard InChI is InChI=1S/C15H22N6O2/c22-13(9-21-11-16-17-18-21)20-7-5-15(10-20)4-1-6-19(14(15)23)8-12-2-3-12/h11-12H,1-10H2. The number of carbonyl (C=O) groups excluding carboxylic acids is 2. The molecule has 3 aliphatic rings. The smallest absolute Gasteiger partial charge is 0.244 e. The quantitative estimate of drug-likeness (QED) is 0.775. The molecule has 4 rings (SSSR count). The number of hydrogen-bond acceptors (Lipinski definition) is 5. The first-order chi connectivity index (χ1) is 11.2. The first-order valence-corrected chi connectivity index (χ1v) is 8.44. The molecule has 0 N–H and O–H groups in total. The fourth-order valence-corrected chi connectivity index (χ4v) is 3.89. The third-order valence-corrected chi connectivity index (χ3v) is 5.39. The highest BCUT2D eigenvalue weighted by atomic mass is 16.2. The summed E-state index contributed by atoms with van der Waals surface area (Å²) in [4.78, 5) is 29.2. The van der Waals surface area contributed by atoms with Crippen molar-refractivity contribution in [2.45, 2.75) is 38.6 Å². The lowest BCUT2D eigenvalue weighted by Crippen LogP contribution is -2.51. The van der Waals surface area contributed by atoms with Crippen molar-refractivity contribution in [3.63, 3.8) is 0 Å². The zero-order valence-corrected chi connectivity index (χ0v) is 13.2. The van der Waals surface area contributed by atoms with Crippen molar-refractivity contribution in [3.05, 3.63) is 6.33 Å². The topological polar surface area (TPSA) is 84.2 Å². The molecule has 8 nitrogen and oxygen atoms in total. The lowest BCUT2D eigenvalue weighted by atomic mass is 9.78. The van der Waals surface area contributed by atoms with Crippen LogP contribution in [0.4, 0.5) is 0 Å². The highest BCUT2D eigenvalue weighted by Gasteiger charge is 2.49. The Morgan fingerprint density at radius 2 is 2.17 bits per heavy atom.